The molecule has 0 saturated carbocycles. The minimum Gasteiger partial charge on any atom is -0.444 e. The number of sulfonamides is 1. The molecule has 8 heteroatoms. The van der Waals surface area contributed by atoms with E-state index in [9.17, 15) is 17.6 Å². The molecule has 6 nitrogen and oxygen atoms in total. The number of nitrogens with one attached hydrogen (secondary N) is 1. The molecule has 1 amide bonds. The highest BCUT2D eigenvalue weighted by Gasteiger charge is 2.24. The second-order valence-electron chi connectivity index (χ2n) is 6.29. The Bertz CT molecular complexity index is 638. The van der Waals surface area contributed by atoms with Gasteiger partial charge in [-0.25, -0.2) is 17.6 Å². The van der Waals surface area contributed by atoms with Gasteiger partial charge in [0, 0.05) is 19.6 Å². The smallest absolute Gasteiger partial charge is 0.407 e. The second kappa shape index (κ2) is 7.27. The summed E-state index contributed by atoms with van der Waals surface area (Å²) in [4.78, 5) is 11.7. The van der Waals surface area contributed by atoms with Crippen LogP contribution in [0.2, 0.25) is 0 Å². The Morgan fingerprint density at radius 2 is 1.83 bits per heavy atom. The molecule has 1 N–H and O–H groups in total. The number of carbonyl (C=O) groups excluding carboxylic acids is 1. The maximum Gasteiger partial charge on any atom is 0.407 e. The number of hydrogen-bond acceptors (Lipinski definition) is 4. The summed E-state index contributed by atoms with van der Waals surface area (Å²) < 4.78 is 43.8. The largest absolute Gasteiger partial charge is 0.444 e. The van der Waals surface area contributed by atoms with Gasteiger partial charge in [0.05, 0.1) is 4.90 Å². The average Bonchev–Trinajstić information content (AvgIpc) is 2.36. The number of ether oxygens (including phenoxy) is 1. The normalized spacial score (nSPS) is 13.7. The number of likely N-dealkylation sites (N-methyl/N-ethyl adjacent to an activating group) is 1. The van der Waals surface area contributed by atoms with Crippen molar-refractivity contribution in [1.82, 2.24) is 9.62 Å². The SMILES string of the molecule is C[C@@H](CN(C)S(=O)(=O)c1ccc(F)cc1)NC(=O)OC(C)(C)C. The third-order valence-corrected chi connectivity index (χ3v) is 4.65. The van der Waals surface area contributed by atoms with Gasteiger partial charge < -0.3 is 10.1 Å². The predicted octanol–water partition coefficient (Wildman–Crippen LogP) is 2.36. The first-order chi connectivity index (χ1) is 10.4. The first-order valence-electron chi connectivity index (χ1n) is 7.13. The van der Waals surface area contributed by atoms with Gasteiger partial charge in [-0.1, -0.05) is 0 Å². The van der Waals surface area contributed by atoms with Crippen molar-refractivity contribution >= 4 is 16.1 Å². The molecule has 130 valence electrons. The van der Waals surface area contributed by atoms with Gasteiger partial charge in [-0.05, 0) is 52.0 Å². The lowest BCUT2D eigenvalue weighted by Gasteiger charge is -2.24. The van der Waals surface area contributed by atoms with E-state index in [2.05, 4.69) is 5.32 Å². The van der Waals surface area contributed by atoms with Crippen LogP contribution in [0.4, 0.5) is 9.18 Å². The fourth-order valence-electron chi connectivity index (χ4n) is 1.82. The lowest BCUT2D eigenvalue weighted by atomic mass is 10.2. The third kappa shape index (κ3) is 6.15. The number of nitrogens with zero attached hydrogens (tertiary/aromatic N) is 1. The van der Waals surface area contributed by atoms with Gasteiger partial charge in [-0.15, -0.1) is 0 Å². The van der Waals surface area contributed by atoms with Crippen molar-refractivity contribution in [3.05, 3.63) is 30.1 Å². The van der Waals surface area contributed by atoms with Gasteiger partial charge in [0.15, 0.2) is 0 Å². The van der Waals surface area contributed by atoms with E-state index < -0.39 is 33.6 Å². The van der Waals surface area contributed by atoms with Crippen LogP contribution in [0.1, 0.15) is 27.7 Å². The van der Waals surface area contributed by atoms with Crippen LogP contribution in [0.15, 0.2) is 29.2 Å². The Labute approximate surface area is 136 Å². The average molecular weight is 346 g/mol. The van der Waals surface area contributed by atoms with Gasteiger partial charge in [-0.3, -0.25) is 0 Å². The van der Waals surface area contributed by atoms with Crippen LogP contribution in [0.25, 0.3) is 0 Å². The Morgan fingerprint density at radius 3 is 2.30 bits per heavy atom. The summed E-state index contributed by atoms with van der Waals surface area (Å²) in [5.74, 6) is -0.508. The van der Waals surface area contributed by atoms with Crippen LogP contribution in [0, 0.1) is 5.82 Å². The van der Waals surface area contributed by atoms with Crippen LogP contribution >= 0.6 is 0 Å². The molecular formula is C15H23FN2O4S. The number of halogens is 1. The lowest BCUT2D eigenvalue weighted by molar-refractivity contribution is 0.0504. The zero-order chi connectivity index (χ0) is 17.8. The molecule has 1 atom stereocenters. The van der Waals surface area contributed by atoms with E-state index >= 15 is 0 Å². The fourth-order valence-corrected chi connectivity index (χ4v) is 3.08. The summed E-state index contributed by atoms with van der Waals surface area (Å²) in [6.45, 7) is 6.94. The molecular weight excluding hydrogens is 323 g/mol. The molecule has 1 aromatic rings. The topological polar surface area (TPSA) is 75.7 Å². The molecule has 23 heavy (non-hydrogen) atoms. The van der Waals surface area contributed by atoms with Crippen LogP contribution in [-0.2, 0) is 14.8 Å². The summed E-state index contributed by atoms with van der Waals surface area (Å²) in [6, 6.07) is 4.12. The van der Waals surface area contributed by atoms with Crippen molar-refractivity contribution in [1.29, 1.82) is 0 Å². The van der Waals surface area contributed by atoms with Crippen LogP contribution < -0.4 is 5.32 Å². The van der Waals surface area contributed by atoms with Crippen LogP contribution in [0.5, 0.6) is 0 Å². The molecule has 0 saturated heterocycles. The Hall–Kier alpha value is -1.67. The predicted molar refractivity (Wildman–Crippen MR) is 85.0 cm³/mol. The molecule has 0 aliphatic carbocycles. The van der Waals surface area contributed by atoms with E-state index in [1.54, 1.807) is 27.7 Å². The summed E-state index contributed by atoms with van der Waals surface area (Å²) in [5.41, 5.74) is -0.629. The zero-order valence-corrected chi connectivity index (χ0v) is 14.8. The number of rotatable bonds is 5. The summed E-state index contributed by atoms with van der Waals surface area (Å²) in [6.07, 6.45) is -0.613. The van der Waals surface area contributed by atoms with Gasteiger partial charge in [-0.2, -0.15) is 4.31 Å². The van der Waals surface area contributed by atoms with Crippen molar-refractivity contribution in [2.45, 2.75) is 44.2 Å². The fraction of sp³-hybridized carbons (Fsp3) is 0.533. The van der Waals surface area contributed by atoms with Gasteiger partial charge >= 0.3 is 6.09 Å². The van der Waals surface area contributed by atoms with Crippen molar-refractivity contribution in [2.24, 2.45) is 0 Å². The minimum atomic E-state index is -3.75. The molecule has 0 aromatic heterocycles. The summed E-state index contributed by atoms with van der Waals surface area (Å²) in [7, 11) is -2.35. The highest BCUT2D eigenvalue weighted by molar-refractivity contribution is 7.89. The molecule has 0 spiro atoms. The van der Waals surface area contributed by atoms with Gasteiger partial charge in [0.2, 0.25) is 10.0 Å². The van der Waals surface area contributed by atoms with Crippen molar-refractivity contribution in [3.63, 3.8) is 0 Å². The van der Waals surface area contributed by atoms with Crippen molar-refractivity contribution in [3.8, 4) is 0 Å². The molecule has 0 heterocycles. The van der Waals surface area contributed by atoms with E-state index in [0.29, 0.717) is 0 Å². The number of alkyl carbamates (subject to hydrolysis) is 1. The number of benzene rings is 1. The second-order valence-corrected chi connectivity index (χ2v) is 8.33. The maximum atomic E-state index is 12.9. The summed E-state index contributed by atoms with van der Waals surface area (Å²) in [5, 5.41) is 2.57. The molecule has 0 aliphatic heterocycles. The quantitative estimate of drug-likeness (QED) is 0.888. The molecule has 0 aliphatic rings. The van der Waals surface area contributed by atoms with E-state index in [-0.39, 0.29) is 11.4 Å². The number of amides is 1. The Morgan fingerprint density at radius 1 is 1.30 bits per heavy atom. The zero-order valence-electron chi connectivity index (χ0n) is 14.0. The third-order valence-electron chi connectivity index (χ3n) is 2.82. The van der Waals surface area contributed by atoms with E-state index in [1.807, 2.05) is 0 Å². The minimum absolute atomic E-state index is 0.00846. The monoisotopic (exact) mass is 346 g/mol. The van der Waals surface area contributed by atoms with Gasteiger partial charge in [0.1, 0.15) is 11.4 Å². The molecule has 0 unspecified atom stereocenters. The van der Waals surface area contributed by atoms with Crippen molar-refractivity contribution in [2.75, 3.05) is 13.6 Å². The summed E-state index contributed by atoms with van der Waals surface area (Å²) >= 11 is 0. The molecule has 0 radical (unpaired) electrons. The van der Waals surface area contributed by atoms with Crippen molar-refractivity contribution < 1.29 is 22.3 Å². The lowest BCUT2D eigenvalue weighted by Crippen LogP contribution is -2.44. The Kier molecular flexibility index (Phi) is 6.12. The van der Waals surface area contributed by atoms with Crippen LogP contribution in [-0.4, -0.2) is 44.1 Å². The molecule has 1 aromatic carbocycles. The number of carbonyl (C=O) groups is 1. The first kappa shape index (κ1) is 19.4. The maximum absolute atomic E-state index is 12.9. The van der Waals surface area contributed by atoms with E-state index in [1.165, 1.54) is 19.2 Å². The van der Waals surface area contributed by atoms with E-state index in [0.717, 1.165) is 16.4 Å². The van der Waals surface area contributed by atoms with E-state index in [4.69, 9.17) is 4.74 Å². The highest BCUT2D eigenvalue weighted by Crippen LogP contribution is 2.15. The standard InChI is InChI=1S/C15H23FN2O4S/c1-11(17-14(19)22-15(2,3)4)10-18(5)23(20,21)13-8-6-12(16)7-9-13/h6-9,11H,10H2,1-5H3,(H,17,19)/t11-/m0/s1. The highest BCUT2D eigenvalue weighted by atomic mass is 32.2. The number of hydrogen-bond donors (Lipinski definition) is 1. The molecule has 0 bridgehead atoms. The first-order valence-corrected chi connectivity index (χ1v) is 8.57. The van der Waals surface area contributed by atoms with Gasteiger partial charge in [0.25, 0.3) is 0 Å². The Balaban J connectivity index is 2.69. The van der Waals surface area contributed by atoms with Crippen LogP contribution in [0.3, 0.4) is 0 Å². The molecule has 1 rings (SSSR count). The molecule has 0 fully saturated rings.